The van der Waals surface area contributed by atoms with Crippen molar-refractivity contribution in [3.63, 3.8) is 0 Å². The van der Waals surface area contributed by atoms with Crippen molar-refractivity contribution in [1.82, 2.24) is 44.1 Å². The van der Waals surface area contributed by atoms with Gasteiger partial charge in [0, 0.05) is 51.3 Å². The van der Waals surface area contributed by atoms with E-state index in [4.69, 9.17) is 0 Å². The molecule has 0 aliphatic carbocycles. The average molecular weight is 417 g/mol. The van der Waals surface area contributed by atoms with Gasteiger partial charge < -0.3 is 9.47 Å². The Hall–Kier alpha value is -3.66. The lowest BCUT2D eigenvalue weighted by Gasteiger charge is -2.34. The number of carbonyl (C=O) groups excluding carboxylic acids is 1. The molecule has 0 N–H and O–H groups in total. The third-order valence-corrected chi connectivity index (χ3v) is 5.55. The van der Waals surface area contributed by atoms with E-state index in [1.54, 1.807) is 31.4 Å². The monoisotopic (exact) mass is 417 g/mol. The van der Waals surface area contributed by atoms with Crippen molar-refractivity contribution in [3.8, 4) is 0 Å². The van der Waals surface area contributed by atoms with Crippen LogP contribution in [0.2, 0.25) is 0 Å². The lowest BCUT2D eigenvalue weighted by Crippen LogP contribution is -2.49. The van der Waals surface area contributed by atoms with Gasteiger partial charge in [-0.2, -0.15) is 5.10 Å². The summed E-state index contributed by atoms with van der Waals surface area (Å²) in [6, 6.07) is 5.76. The van der Waals surface area contributed by atoms with Crippen molar-refractivity contribution in [1.29, 1.82) is 0 Å². The van der Waals surface area contributed by atoms with Gasteiger partial charge in [-0.15, -0.1) is 0 Å². The molecule has 4 aromatic heterocycles. The van der Waals surface area contributed by atoms with Crippen LogP contribution in [0, 0.1) is 0 Å². The van der Waals surface area contributed by atoms with E-state index in [-0.39, 0.29) is 5.91 Å². The zero-order valence-electron chi connectivity index (χ0n) is 17.1. The Balaban J connectivity index is 1.21. The maximum absolute atomic E-state index is 13.0. The van der Waals surface area contributed by atoms with Gasteiger partial charge in [0.15, 0.2) is 5.65 Å². The van der Waals surface area contributed by atoms with Crippen molar-refractivity contribution in [2.75, 3.05) is 32.7 Å². The number of aromatic nitrogens is 7. The molecule has 10 nitrogen and oxygen atoms in total. The van der Waals surface area contributed by atoms with E-state index in [2.05, 4.69) is 29.9 Å². The lowest BCUT2D eigenvalue weighted by molar-refractivity contribution is 0.0631. The van der Waals surface area contributed by atoms with Crippen LogP contribution < -0.4 is 0 Å². The third-order valence-electron chi connectivity index (χ3n) is 5.55. The summed E-state index contributed by atoms with van der Waals surface area (Å²) in [6.45, 7) is 5.42. The molecule has 0 spiro atoms. The van der Waals surface area contributed by atoms with E-state index in [0.717, 1.165) is 42.9 Å². The molecule has 31 heavy (non-hydrogen) atoms. The Morgan fingerprint density at radius 1 is 1.00 bits per heavy atom. The number of fused-ring (bicyclic) bond motifs is 1. The van der Waals surface area contributed by atoms with Crippen LogP contribution in [0.5, 0.6) is 0 Å². The normalized spacial score (nSPS) is 14.9. The quantitative estimate of drug-likeness (QED) is 0.460. The molecule has 1 fully saturated rings. The SMILES string of the molecule is O=C(c1cnc2c(c1)ncn2Cc1cccnc1)N1CCN(CCn2cncn2)CC1. The molecule has 10 heteroatoms. The molecule has 4 aromatic rings. The molecule has 158 valence electrons. The summed E-state index contributed by atoms with van der Waals surface area (Å²) >= 11 is 0. The predicted octanol–water partition coefficient (Wildman–Crippen LogP) is 0.924. The molecule has 0 atom stereocenters. The standard InChI is InChI=1S/C21H23N9O/c31-21(28-7-4-27(5-8-28)6-9-30-15-23-14-26-30)18-10-19-20(24-12-18)29(16-25-19)13-17-2-1-3-22-11-17/h1-3,10-12,14-16H,4-9,13H2. The van der Waals surface area contributed by atoms with Crippen LogP contribution >= 0.6 is 0 Å². The summed E-state index contributed by atoms with van der Waals surface area (Å²) in [5.41, 5.74) is 3.14. The molecule has 1 aliphatic heterocycles. The summed E-state index contributed by atoms with van der Waals surface area (Å²) < 4.78 is 3.79. The molecule has 0 aromatic carbocycles. The van der Waals surface area contributed by atoms with E-state index in [0.29, 0.717) is 25.2 Å². The number of carbonyl (C=O) groups is 1. The number of imidazole rings is 1. The van der Waals surface area contributed by atoms with Crippen molar-refractivity contribution < 1.29 is 4.79 Å². The van der Waals surface area contributed by atoms with Gasteiger partial charge in [0.25, 0.3) is 5.91 Å². The van der Waals surface area contributed by atoms with E-state index < -0.39 is 0 Å². The van der Waals surface area contributed by atoms with Crippen LogP contribution in [0.25, 0.3) is 11.2 Å². The minimum absolute atomic E-state index is 0.00661. The van der Waals surface area contributed by atoms with Crippen molar-refractivity contribution in [2.45, 2.75) is 13.1 Å². The number of pyridine rings is 2. The Bertz CT molecular complexity index is 1150. The van der Waals surface area contributed by atoms with Gasteiger partial charge >= 0.3 is 0 Å². The van der Waals surface area contributed by atoms with Gasteiger partial charge in [0.05, 0.1) is 25.0 Å². The maximum Gasteiger partial charge on any atom is 0.255 e. The molecule has 0 unspecified atom stereocenters. The molecular weight excluding hydrogens is 394 g/mol. The predicted molar refractivity (Wildman–Crippen MR) is 113 cm³/mol. The number of nitrogens with zero attached hydrogens (tertiary/aromatic N) is 9. The number of amides is 1. The fraction of sp³-hybridized carbons (Fsp3) is 0.333. The second kappa shape index (κ2) is 8.60. The van der Waals surface area contributed by atoms with Gasteiger partial charge in [-0.25, -0.2) is 15.0 Å². The van der Waals surface area contributed by atoms with Gasteiger partial charge in [-0.05, 0) is 17.7 Å². The zero-order valence-corrected chi connectivity index (χ0v) is 17.1. The fourth-order valence-electron chi connectivity index (χ4n) is 3.82. The Labute approximate surface area is 179 Å². The molecular formula is C21H23N9O. The lowest BCUT2D eigenvalue weighted by atomic mass is 10.2. The minimum Gasteiger partial charge on any atom is -0.336 e. The molecule has 0 radical (unpaired) electrons. The van der Waals surface area contributed by atoms with Crippen LogP contribution in [0.3, 0.4) is 0 Å². The molecule has 1 aliphatic rings. The van der Waals surface area contributed by atoms with Crippen molar-refractivity contribution in [3.05, 3.63) is 66.9 Å². The van der Waals surface area contributed by atoms with E-state index in [9.17, 15) is 4.79 Å². The largest absolute Gasteiger partial charge is 0.336 e. The number of hydrogen-bond donors (Lipinski definition) is 0. The first kappa shape index (κ1) is 19.3. The third kappa shape index (κ3) is 4.29. The molecule has 0 bridgehead atoms. The van der Waals surface area contributed by atoms with Gasteiger partial charge in [0.1, 0.15) is 18.2 Å². The second-order valence-corrected chi connectivity index (χ2v) is 7.59. The minimum atomic E-state index is 0.00661. The van der Waals surface area contributed by atoms with Crippen LogP contribution in [-0.2, 0) is 13.1 Å². The van der Waals surface area contributed by atoms with Crippen molar-refractivity contribution in [2.24, 2.45) is 0 Å². The van der Waals surface area contributed by atoms with Crippen molar-refractivity contribution >= 4 is 17.1 Å². The van der Waals surface area contributed by atoms with Crippen LogP contribution in [0.4, 0.5) is 0 Å². The van der Waals surface area contributed by atoms with E-state index >= 15 is 0 Å². The highest BCUT2D eigenvalue weighted by molar-refractivity contribution is 5.96. The fourth-order valence-corrected chi connectivity index (χ4v) is 3.82. The van der Waals surface area contributed by atoms with Crippen LogP contribution in [0.15, 0.2) is 55.8 Å². The average Bonchev–Trinajstić information content (AvgIpc) is 3.48. The number of piperazine rings is 1. The first-order valence-electron chi connectivity index (χ1n) is 10.3. The smallest absolute Gasteiger partial charge is 0.255 e. The second-order valence-electron chi connectivity index (χ2n) is 7.59. The van der Waals surface area contributed by atoms with Gasteiger partial charge in [-0.1, -0.05) is 6.07 Å². The van der Waals surface area contributed by atoms with E-state index in [1.165, 1.54) is 0 Å². The Morgan fingerprint density at radius 3 is 2.68 bits per heavy atom. The molecule has 1 saturated heterocycles. The molecule has 0 saturated carbocycles. The van der Waals surface area contributed by atoms with Crippen LogP contribution in [-0.4, -0.2) is 82.7 Å². The summed E-state index contributed by atoms with van der Waals surface area (Å²) in [5.74, 6) is 0.00661. The summed E-state index contributed by atoms with van der Waals surface area (Å²) in [6.07, 6.45) is 10.3. The highest BCUT2D eigenvalue weighted by Gasteiger charge is 2.23. The molecule has 5 rings (SSSR count). The van der Waals surface area contributed by atoms with Crippen LogP contribution in [0.1, 0.15) is 15.9 Å². The zero-order chi connectivity index (χ0) is 21.0. The Morgan fingerprint density at radius 2 is 1.90 bits per heavy atom. The number of hydrogen-bond acceptors (Lipinski definition) is 7. The van der Waals surface area contributed by atoms with Gasteiger partial charge in [0.2, 0.25) is 0 Å². The Kier molecular flexibility index (Phi) is 5.36. The highest BCUT2D eigenvalue weighted by atomic mass is 16.2. The summed E-state index contributed by atoms with van der Waals surface area (Å²) in [7, 11) is 0. The topological polar surface area (TPSA) is 97.9 Å². The molecule has 5 heterocycles. The highest BCUT2D eigenvalue weighted by Crippen LogP contribution is 2.16. The van der Waals surface area contributed by atoms with E-state index in [1.807, 2.05) is 38.5 Å². The number of rotatable bonds is 6. The first-order chi connectivity index (χ1) is 15.3. The first-order valence-corrected chi connectivity index (χ1v) is 10.3. The summed E-state index contributed by atoms with van der Waals surface area (Å²) in [5, 5.41) is 4.13. The maximum atomic E-state index is 13.0. The van der Waals surface area contributed by atoms with Gasteiger partial charge in [-0.3, -0.25) is 19.4 Å². The molecule has 1 amide bonds. The summed E-state index contributed by atoms with van der Waals surface area (Å²) in [4.78, 5) is 34.3.